The van der Waals surface area contributed by atoms with Gasteiger partial charge in [0.05, 0.1) is 42.3 Å². The SMILES string of the molecule is CCC(CC)n1c(=O)n(Cc2cncn2CC)c2cc(C(=O)OC)ccc21. The Balaban J connectivity index is 2.24. The monoisotopic (exact) mass is 370 g/mol. The summed E-state index contributed by atoms with van der Waals surface area (Å²) in [5, 5.41) is 0. The average molecular weight is 370 g/mol. The molecule has 0 aliphatic carbocycles. The molecule has 3 aromatic rings. The number of hydrogen-bond donors (Lipinski definition) is 0. The van der Waals surface area contributed by atoms with Gasteiger partial charge in [0.2, 0.25) is 0 Å². The van der Waals surface area contributed by atoms with Crippen LogP contribution in [0.4, 0.5) is 0 Å². The summed E-state index contributed by atoms with van der Waals surface area (Å²) in [5.74, 6) is -0.412. The van der Waals surface area contributed by atoms with E-state index in [2.05, 4.69) is 18.8 Å². The lowest BCUT2D eigenvalue weighted by atomic mass is 10.1. The van der Waals surface area contributed by atoms with Crippen molar-refractivity contribution in [2.45, 2.75) is 52.7 Å². The number of rotatable bonds is 7. The van der Waals surface area contributed by atoms with Crippen molar-refractivity contribution in [2.24, 2.45) is 0 Å². The smallest absolute Gasteiger partial charge is 0.337 e. The second-order valence-corrected chi connectivity index (χ2v) is 6.58. The van der Waals surface area contributed by atoms with Crippen LogP contribution in [-0.2, 0) is 17.8 Å². The zero-order chi connectivity index (χ0) is 19.6. The second-order valence-electron chi connectivity index (χ2n) is 6.58. The average Bonchev–Trinajstić information content (AvgIpc) is 3.25. The molecular formula is C20H26N4O3. The Morgan fingerprint density at radius 2 is 1.93 bits per heavy atom. The van der Waals surface area contributed by atoms with Crippen molar-refractivity contribution in [1.82, 2.24) is 18.7 Å². The summed E-state index contributed by atoms with van der Waals surface area (Å²) in [6.45, 7) is 7.39. The van der Waals surface area contributed by atoms with E-state index in [-0.39, 0.29) is 11.7 Å². The lowest BCUT2D eigenvalue weighted by molar-refractivity contribution is 0.0601. The van der Waals surface area contributed by atoms with Crippen LogP contribution in [0.5, 0.6) is 0 Å². The summed E-state index contributed by atoms with van der Waals surface area (Å²) in [7, 11) is 1.36. The Bertz CT molecular complexity index is 1010. The van der Waals surface area contributed by atoms with Crippen LogP contribution in [0.1, 0.15) is 55.7 Å². The van der Waals surface area contributed by atoms with E-state index in [4.69, 9.17) is 4.74 Å². The van der Waals surface area contributed by atoms with Crippen LogP contribution in [0.3, 0.4) is 0 Å². The molecule has 1 aromatic carbocycles. The maximum absolute atomic E-state index is 13.3. The van der Waals surface area contributed by atoms with Gasteiger partial charge in [0.1, 0.15) is 0 Å². The van der Waals surface area contributed by atoms with E-state index in [1.807, 2.05) is 22.1 Å². The van der Waals surface area contributed by atoms with Crippen LogP contribution in [0.25, 0.3) is 11.0 Å². The molecular weight excluding hydrogens is 344 g/mol. The molecule has 7 nitrogen and oxygen atoms in total. The minimum absolute atomic E-state index is 0.0652. The van der Waals surface area contributed by atoms with Gasteiger partial charge < -0.3 is 9.30 Å². The van der Waals surface area contributed by atoms with Gasteiger partial charge in [0.15, 0.2) is 0 Å². The Morgan fingerprint density at radius 1 is 1.19 bits per heavy atom. The van der Waals surface area contributed by atoms with Crippen molar-refractivity contribution in [1.29, 1.82) is 0 Å². The largest absolute Gasteiger partial charge is 0.465 e. The summed E-state index contributed by atoms with van der Waals surface area (Å²) in [4.78, 5) is 29.5. The molecule has 0 bridgehead atoms. The fourth-order valence-corrected chi connectivity index (χ4v) is 3.61. The zero-order valence-corrected chi connectivity index (χ0v) is 16.3. The van der Waals surface area contributed by atoms with E-state index in [0.29, 0.717) is 12.1 Å². The fraction of sp³-hybridized carbons (Fsp3) is 0.450. The zero-order valence-electron chi connectivity index (χ0n) is 16.3. The van der Waals surface area contributed by atoms with Crippen LogP contribution in [0.2, 0.25) is 0 Å². The van der Waals surface area contributed by atoms with Crippen molar-refractivity contribution >= 4 is 17.0 Å². The lowest BCUT2D eigenvalue weighted by Gasteiger charge is -2.14. The topological polar surface area (TPSA) is 71.0 Å². The maximum atomic E-state index is 13.3. The molecule has 2 aromatic heterocycles. The molecule has 3 rings (SSSR count). The molecule has 0 amide bonds. The summed E-state index contributed by atoms with van der Waals surface area (Å²) in [6, 6.07) is 5.41. The molecule has 0 atom stereocenters. The number of ether oxygens (including phenoxy) is 1. The molecule has 0 N–H and O–H groups in total. The number of methoxy groups -OCH3 is 1. The number of benzene rings is 1. The Hall–Kier alpha value is -2.83. The van der Waals surface area contributed by atoms with Gasteiger partial charge in [-0.15, -0.1) is 0 Å². The van der Waals surface area contributed by atoms with Crippen LogP contribution in [-0.4, -0.2) is 31.8 Å². The first-order chi connectivity index (χ1) is 13.0. The van der Waals surface area contributed by atoms with Gasteiger partial charge in [-0.05, 0) is 38.0 Å². The van der Waals surface area contributed by atoms with E-state index < -0.39 is 5.97 Å². The number of esters is 1. The first kappa shape index (κ1) is 18.9. The van der Waals surface area contributed by atoms with Crippen LogP contribution < -0.4 is 5.69 Å². The van der Waals surface area contributed by atoms with Crippen molar-refractivity contribution in [3.05, 3.63) is 52.5 Å². The van der Waals surface area contributed by atoms with Crippen molar-refractivity contribution in [2.75, 3.05) is 7.11 Å². The maximum Gasteiger partial charge on any atom is 0.337 e. The van der Waals surface area contributed by atoms with Crippen molar-refractivity contribution in [3.63, 3.8) is 0 Å². The Morgan fingerprint density at radius 3 is 2.56 bits per heavy atom. The third-order valence-electron chi connectivity index (χ3n) is 5.15. The number of aromatic nitrogens is 4. The van der Waals surface area contributed by atoms with Gasteiger partial charge in [0, 0.05) is 18.8 Å². The number of aryl methyl sites for hydroxylation is 1. The van der Waals surface area contributed by atoms with E-state index in [9.17, 15) is 9.59 Å². The molecule has 0 saturated heterocycles. The molecule has 2 heterocycles. The van der Waals surface area contributed by atoms with Gasteiger partial charge in [0.25, 0.3) is 0 Å². The second kappa shape index (κ2) is 7.82. The molecule has 7 heteroatoms. The number of nitrogens with zero attached hydrogens (tertiary/aromatic N) is 4. The highest BCUT2D eigenvalue weighted by molar-refractivity contribution is 5.93. The summed E-state index contributed by atoms with van der Waals surface area (Å²) < 4.78 is 10.4. The van der Waals surface area contributed by atoms with Gasteiger partial charge in [-0.3, -0.25) is 9.13 Å². The van der Waals surface area contributed by atoms with Crippen molar-refractivity contribution in [3.8, 4) is 0 Å². The quantitative estimate of drug-likeness (QED) is 0.599. The molecule has 144 valence electrons. The number of carbonyl (C=O) groups excluding carboxylic acids is 1. The number of fused-ring (bicyclic) bond motifs is 1. The summed E-state index contributed by atoms with van der Waals surface area (Å²) in [6.07, 6.45) is 5.27. The van der Waals surface area contributed by atoms with Crippen molar-refractivity contribution < 1.29 is 9.53 Å². The third kappa shape index (κ3) is 3.29. The lowest BCUT2D eigenvalue weighted by Crippen LogP contribution is -2.28. The predicted molar refractivity (Wildman–Crippen MR) is 104 cm³/mol. The number of carbonyl (C=O) groups is 1. The molecule has 0 unspecified atom stereocenters. The third-order valence-corrected chi connectivity index (χ3v) is 5.15. The van der Waals surface area contributed by atoms with Gasteiger partial charge in [-0.2, -0.15) is 0 Å². The first-order valence-electron chi connectivity index (χ1n) is 9.37. The molecule has 27 heavy (non-hydrogen) atoms. The minimum Gasteiger partial charge on any atom is -0.465 e. The Labute approximate surface area is 158 Å². The number of hydrogen-bond acceptors (Lipinski definition) is 4. The van der Waals surface area contributed by atoms with Gasteiger partial charge in [-0.25, -0.2) is 14.6 Å². The van der Waals surface area contributed by atoms with E-state index in [1.54, 1.807) is 29.2 Å². The highest BCUT2D eigenvalue weighted by atomic mass is 16.5. The van der Waals surface area contributed by atoms with Crippen LogP contribution >= 0.6 is 0 Å². The molecule has 0 fully saturated rings. The summed E-state index contributed by atoms with van der Waals surface area (Å²) in [5.41, 5.74) is 2.89. The highest BCUT2D eigenvalue weighted by Crippen LogP contribution is 2.23. The first-order valence-corrected chi connectivity index (χ1v) is 9.37. The van der Waals surface area contributed by atoms with Gasteiger partial charge in [-0.1, -0.05) is 13.8 Å². The van der Waals surface area contributed by atoms with Crippen LogP contribution in [0, 0.1) is 0 Å². The van der Waals surface area contributed by atoms with E-state index in [0.717, 1.165) is 36.1 Å². The van der Waals surface area contributed by atoms with Gasteiger partial charge >= 0.3 is 11.7 Å². The standard InChI is InChI=1S/C20H26N4O3/c1-5-15(6-2)24-17-9-8-14(19(25)27-4)10-18(17)23(20(24)26)12-16-11-21-13-22(16)7-3/h8-11,13,15H,5-7,12H2,1-4H3. The molecule has 0 aliphatic rings. The normalized spacial score (nSPS) is 11.4. The molecule has 0 saturated carbocycles. The minimum atomic E-state index is -0.412. The predicted octanol–water partition coefficient (Wildman–Crippen LogP) is 3.22. The van der Waals surface area contributed by atoms with E-state index in [1.165, 1.54) is 7.11 Å². The molecule has 0 spiro atoms. The van der Waals surface area contributed by atoms with Crippen LogP contribution in [0.15, 0.2) is 35.5 Å². The molecule has 0 radical (unpaired) electrons. The Kier molecular flexibility index (Phi) is 5.48. The van der Waals surface area contributed by atoms with E-state index >= 15 is 0 Å². The highest BCUT2D eigenvalue weighted by Gasteiger charge is 2.20. The molecule has 0 aliphatic heterocycles. The number of imidazole rings is 2. The summed E-state index contributed by atoms with van der Waals surface area (Å²) >= 11 is 0. The fourth-order valence-electron chi connectivity index (χ4n) is 3.61.